The van der Waals surface area contributed by atoms with Crippen LogP contribution < -0.4 is 5.73 Å². The number of aromatic nitrogens is 2. The van der Waals surface area contributed by atoms with Crippen LogP contribution in [-0.2, 0) is 11.8 Å². The molecule has 0 bridgehead atoms. The maximum absolute atomic E-state index is 10.5. The maximum atomic E-state index is 10.5. The topological polar surface area (TPSA) is 60.9 Å². The molecule has 0 aromatic carbocycles. The SMILES string of the molecule is Cc1cc(SCCC(N)=O)n(C)n1. The largest absolute Gasteiger partial charge is 0.370 e. The number of amides is 1. The molecule has 0 aliphatic heterocycles. The first-order chi connectivity index (χ1) is 6.09. The Morgan fingerprint density at radius 1 is 1.77 bits per heavy atom. The second kappa shape index (κ2) is 4.32. The first kappa shape index (κ1) is 10.1. The first-order valence-electron chi connectivity index (χ1n) is 4.01. The van der Waals surface area contributed by atoms with E-state index < -0.39 is 0 Å². The summed E-state index contributed by atoms with van der Waals surface area (Å²) in [4.78, 5) is 10.5. The molecule has 1 rings (SSSR count). The van der Waals surface area contributed by atoms with Crippen LogP contribution in [0.5, 0.6) is 0 Å². The molecule has 13 heavy (non-hydrogen) atoms. The van der Waals surface area contributed by atoms with Crippen LogP contribution in [0.1, 0.15) is 12.1 Å². The highest BCUT2D eigenvalue weighted by Crippen LogP contribution is 2.18. The number of carbonyl (C=O) groups excluding carboxylic acids is 1. The number of carbonyl (C=O) groups is 1. The van der Waals surface area contributed by atoms with Gasteiger partial charge in [0, 0.05) is 19.2 Å². The summed E-state index contributed by atoms with van der Waals surface area (Å²) in [6.07, 6.45) is 0.412. The molecule has 72 valence electrons. The van der Waals surface area contributed by atoms with E-state index in [-0.39, 0.29) is 5.91 Å². The lowest BCUT2D eigenvalue weighted by Crippen LogP contribution is -2.11. The number of nitrogens with zero attached hydrogens (tertiary/aromatic N) is 2. The Hall–Kier alpha value is -0.970. The summed E-state index contributed by atoms with van der Waals surface area (Å²) in [7, 11) is 1.89. The van der Waals surface area contributed by atoms with E-state index in [1.54, 1.807) is 16.4 Å². The standard InChI is InChI=1S/C8H13N3OS/c1-6-5-8(11(2)10-6)13-4-3-7(9)12/h5H,3-4H2,1-2H3,(H2,9,12). The number of hydrogen-bond acceptors (Lipinski definition) is 3. The van der Waals surface area contributed by atoms with Gasteiger partial charge in [-0.1, -0.05) is 0 Å². The molecule has 0 aliphatic carbocycles. The third kappa shape index (κ3) is 3.10. The van der Waals surface area contributed by atoms with Crippen molar-refractivity contribution in [1.29, 1.82) is 0 Å². The summed E-state index contributed by atoms with van der Waals surface area (Å²) < 4.78 is 1.81. The van der Waals surface area contributed by atoms with Crippen LogP contribution in [0, 0.1) is 6.92 Å². The summed E-state index contributed by atoms with van der Waals surface area (Å²) in [5.41, 5.74) is 6.02. The Labute approximate surface area is 81.5 Å². The molecule has 0 spiro atoms. The Morgan fingerprint density at radius 3 is 2.92 bits per heavy atom. The van der Waals surface area contributed by atoms with Gasteiger partial charge in [-0.2, -0.15) is 5.10 Å². The van der Waals surface area contributed by atoms with Crippen LogP contribution in [0.15, 0.2) is 11.1 Å². The minimum Gasteiger partial charge on any atom is -0.370 e. The highest BCUT2D eigenvalue weighted by molar-refractivity contribution is 7.99. The third-order valence-corrected chi connectivity index (χ3v) is 2.64. The van der Waals surface area contributed by atoms with Crippen LogP contribution in [-0.4, -0.2) is 21.4 Å². The smallest absolute Gasteiger partial charge is 0.218 e. The number of aryl methyl sites for hydroxylation is 2. The molecule has 0 saturated heterocycles. The van der Waals surface area contributed by atoms with Crippen molar-refractivity contribution in [3.63, 3.8) is 0 Å². The van der Waals surface area contributed by atoms with Gasteiger partial charge in [0.05, 0.1) is 10.7 Å². The lowest BCUT2D eigenvalue weighted by molar-refractivity contribution is -0.117. The minimum absolute atomic E-state index is 0.258. The van der Waals surface area contributed by atoms with E-state index >= 15 is 0 Å². The van der Waals surface area contributed by atoms with Gasteiger partial charge >= 0.3 is 0 Å². The van der Waals surface area contributed by atoms with Crippen molar-refractivity contribution < 1.29 is 4.79 Å². The third-order valence-electron chi connectivity index (χ3n) is 1.56. The van der Waals surface area contributed by atoms with E-state index in [0.717, 1.165) is 10.7 Å². The number of rotatable bonds is 4. The second-order valence-electron chi connectivity index (χ2n) is 2.81. The van der Waals surface area contributed by atoms with Gasteiger partial charge < -0.3 is 5.73 Å². The number of thioether (sulfide) groups is 1. The lowest BCUT2D eigenvalue weighted by atomic mass is 10.5. The molecule has 0 aliphatic rings. The summed E-state index contributed by atoms with van der Waals surface area (Å²) in [5.74, 6) is 0.459. The maximum Gasteiger partial charge on any atom is 0.218 e. The molecule has 4 nitrogen and oxygen atoms in total. The van der Waals surface area contributed by atoms with Gasteiger partial charge in [-0.25, -0.2) is 0 Å². The van der Waals surface area contributed by atoms with Gasteiger partial charge in [0.15, 0.2) is 0 Å². The highest BCUT2D eigenvalue weighted by atomic mass is 32.2. The first-order valence-corrected chi connectivity index (χ1v) is 5.00. The van der Waals surface area contributed by atoms with E-state index in [2.05, 4.69) is 5.10 Å². The van der Waals surface area contributed by atoms with E-state index in [9.17, 15) is 4.79 Å². The normalized spacial score (nSPS) is 10.3. The fourth-order valence-corrected chi connectivity index (χ4v) is 1.97. The summed E-state index contributed by atoms with van der Waals surface area (Å²) in [6.45, 7) is 1.94. The summed E-state index contributed by atoms with van der Waals surface area (Å²) >= 11 is 1.60. The molecule has 1 amide bonds. The van der Waals surface area contributed by atoms with Crippen molar-refractivity contribution in [3.8, 4) is 0 Å². The molecular formula is C8H13N3OS. The van der Waals surface area contributed by atoms with E-state index in [0.29, 0.717) is 12.2 Å². The van der Waals surface area contributed by atoms with Crippen molar-refractivity contribution >= 4 is 17.7 Å². The van der Waals surface area contributed by atoms with Crippen molar-refractivity contribution in [2.75, 3.05) is 5.75 Å². The number of nitrogens with two attached hydrogens (primary N) is 1. The van der Waals surface area contributed by atoms with Gasteiger partial charge in [-0.3, -0.25) is 9.48 Å². The summed E-state index contributed by atoms with van der Waals surface area (Å²) in [6, 6.07) is 1.99. The van der Waals surface area contributed by atoms with Gasteiger partial charge in [0.1, 0.15) is 0 Å². The monoisotopic (exact) mass is 199 g/mol. The van der Waals surface area contributed by atoms with Crippen LogP contribution in [0.3, 0.4) is 0 Å². The fraction of sp³-hybridized carbons (Fsp3) is 0.500. The molecular weight excluding hydrogens is 186 g/mol. The van der Waals surface area contributed by atoms with Crippen molar-refractivity contribution in [2.45, 2.75) is 18.4 Å². The van der Waals surface area contributed by atoms with Gasteiger partial charge in [-0.05, 0) is 13.0 Å². The molecule has 2 N–H and O–H groups in total. The molecule has 0 atom stereocenters. The van der Waals surface area contributed by atoms with Crippen LogP contribution in [0.4, 0.5) is 0 Å². The molecule has 5 heteroatoms. The average Bonchev–Trinajstić information content (AvgIpc) is 2.29. The lowest BCUT2D eigenvalue weighted by Gasteiger charge is -1.98. The zero-order valence-electron chi connectivity index (χ0n) is 7.78. The summed E-state index contributed by atoms with van der Waals surface area (Å²) in [5, 5.41) is 5.26. The Kier molecular flexibility index (Phi) is 3.36. The van der Waals surface area contributed by atoms with Gasteiger partial charge in [-0.15, -0.1) is 11.8 Å². The van der Waals surface area contributed by atoms with E-state index in [1.165, 1.54) is 0 Å². The Morgan fingerprint density at radius 2 is 2.46 bits per heavy atom. The molecule has 1 aromatic heterocycles. The quantitative estimate of drug-likeness (QED) is 0.726. The zero-order chi connectivity index (χ0) is 9.84. The molecule has 0 fully saturated rings. The van der Waals surface area contributed by atoms with Crippen molar-refractivity contribution in [1.82, 2.24) is 9.78 Å². The molecule has 1 aromatic rings. The Balaban J connectivity index is 2.45. The predicted molar refractivity (Wildman–Crippen MR) is 52.5 cm³/mol. The molecule has 0 saturated carbocycles. The molecule has 0 unspecified atom stereocenters. The minimum atomic E-state index is -0.258. The van der Waals surface area contributed by atoms with E-state index in [1.807, 2.05) is 20.0 Å². The van der Waals surface area contributed by atoms with Crippen molar-refractivity contribution in [3.05, 3.63) is 11.8 Å². The zero-order valence-corrected chi connectivity index (χ0v) is 8.60. The van der Waals surface area contributed by atoms with E-state index in [4.69, 9.17) is 5.73 Å². The molecule has 1 heterocycles. The van der Waals surface area contributed by atoms with Crippen LogP contribution >= 0.6 is 11.8 Å². The molecule has 0 radical (unpaired) electrons. The van der Waals surface area contributed by atoms with Crippen LogP contribution in [0.2, 0.25) is 0 Å². The predicted octanol–water partition coefficient (Wildman–Crippen LogP) is 0.696. The van der Waals surface area contributed by atoms with Gasteiger partial charge in [0.25, 0.3) is 0 Å². The average molecular weight is 199 g/mol. The highest BCUT2D eigenvalue weighted by Gasteiger charge is 2.02. The number of hydrogen-bond donors (Lipinski definition) is 1. The second-order valence-corrected chi connectivity index (χ2v) is 3.93. The Bertz CT molecular complexity index is 308. The van der Waals surface area contributed by atoms with Crippen molar-refractivity contribution in [2.24, 2.45) is 12.8 Å². The fourth-order valence-electron chi connectivity index (χ4n) is 0.978. The van der Waals surface area contributed by atoms with Crippen LogP contribution in [0.25, 0.3) is 0 Å². The van der Waals surface area contributed by atoms with Gasteiger partial charge in [0.2, 0.25) is 5.91 Å². The number of primary amides is 1.